The van der Waals surface area contributed by atoms with Gasteiger partial charge in [0.25, 0.3) is 0 Å². The highest BCUT2D eigenvalue weighted by Crippen LogP contribution is 2.29. The van der Waals surface area contributed by atoms with Crippen molar-refractivity contribution in [3.05, 3.63) is 47.3 Å². The molecule has 3 aromatic heterocycles. The highest BCUT2D eigenvalue weighted by atomic mass is 79.9. The van der Waals surface area contributed by atoms with Crippen LogP contribution in [0.2, 0.25) is 0 Å². The number of halogens is 1. The number of nitrogens with zero attached hydrogens (tertiary/aromatic N) is 5. The fourth-order valence-electron chi connectivity index (χ4n) is 4.05. The summed E-state index contributed by atoms with van der Waals surface area (Å²) in [6, 6.07) is 10.1. The largest absolute Gasteiger partial charge is 0.359 e. The van der Waals surface area contributed by atoms with E-state index in [1.165, 1.54) is 0 Å². The van der Waals surface area contributed by atoms with Crippen molar-refractivity contribution in [2.45, 2.75) is 25.3 Å². The number of benzene rings is 1. The van der Waals surface area contributed by atoms with Gasteiger partial charge >= 0.3 is 0 Å². The van der Waals surface area contributed by atoms with Crippen molar-refractivity contribution in [3.8, 4) is 5.69 Å². The van der Waals surface area contributed by atoms with Crippen LogP contribution in [0, 0.1) is 5.92 Å². The van der Waals surface area contributed by atoms with Gasteiger partial charge in [-0.05, 0) is 59.5 Å². The van der Waals surface area contributed by atoms with Gasteiger partial charge in [-0.3, -0.25) is 9.78 Å². The van der Waals surface area contributed by atoms with Crippen LogP contribution >= 0.6 is 15.9 Å². The maximum atomic E-state index is 11.9. The molecule has 0 unspecified atom stereocenters. The van der Waals surface area contributed by atoms with Crippen molar-refractivity contribution in [1.82, 2.24) is 30.0 Å². The Labute approximate surface area is 181 Å². The van der Waals surface area contributed by atoms with Gasteiger partial charge in [0, 0.05) is 36.8 Å². The van der Waals surface area contributed by atoms with Crippen LogP contribution < -0.4 is 10.6 Å². The molecule has 2 N–H and O–H groups in total. The fraction of sp³-hybridized carbons (Fsp3) is 0.286. The summed E-state index contributed by atoms with van der Waals surface area (Å²) in [5, 5.41) is 12.6. The molecule has 3 heterocycles. The van der Waals surface area contributed by atoms with Crippen LogP contribution in [-0.2, 0) is 4.79 Å². The van der Waals surface area contributed by atoms with Crippen LogP contribution in [0.5, 0.6) is 0 Å². The summed E-state index contributed by atoms with van der Waals surface area (Å²) in [5.41, 5.74) is 2.54. The van der Waals surface area contributed by atoms with Gasteiger partial charge in [-0.1, -0.05) is 6.07 Å². The van der Waals surface area contributed by atoms with Crippen LogP contribution in [0.3, 0.4) is 0 Å². The Hall–Kier alpha value is -3.07. The molecule has 0 aliphatic heterocycles. The van der Waals surface area contributed by atoms with E-state index in [-0.39, 0.29) is 17.9 Å². The van der Waals surface area contributed by atoms with Crippen LogP contribution in [0.25, 0.3) is 27.6 Å². The van der Waals surface area contributed by atoms with Crippen LogP contribution in [0.1, 0.15) is 19.3 Å². The molecule has 2 atom stereocenters. The van der Waals surface area contributed by atoms with E-state index in [9.17, 15) is 4.79 Å². The lowest BCUT2D eigenvalue weighted by Gasteiger charge is -2.13. The van der Waals surface area contributed by atoms with E-state index in [0.29, 0.717) is 16.2 Å². The van der Waals surface area contributed by atoms with Crippen molar-refractivity contribution in [2.24, 2.45) is 5.92 Å². The Morgan fingerprint density at radius 1 is 1.23 bits per heavy atom. The minimum Gasteiger partial charge on any atom is -0.359 e. The molecule has 1 aliphatic carbocycles. The highest BCUT2D eigenvalue weighted by molar-refractivity contribution is 9.10. The van der Waals surface area contributed by atoms with Gasteiger partial charge in [-0.2, -0.15) is 10.1 Å². The molecule has 0 spiro atoms. The zero-order valence-corrected chi connectivity index (χ0v) is 17.9. The average Bonchev–Trinajstić information content (AvgIpc) is 3.37. The quantitative estimate of drug-likeness (QED) is 0.478. The molecule has 152 valence electrons. The number of rotatable bonds is 4. The second-order valence-corrected chi connectivity index (χ2v) is 8.23. The van der Waals surface area contributed by atoms with Gasteiger partial charge in [0.15, 0.2) is 5.65 Å². The molecule has 8 nitrogen and oxygen atoms in total. The summed E-state index contributed by atoms with van der Waals surface area (Å²) < 4.78 is 2.50. The summed E-state index contributed by atoms with van der Waals surface area (Å²) in [5.74, 6) is 0.687. The molecule has 5 rings (SSSR count). The third-order valence-electron chi connectivity index (χ3n) is 5.59. The van der Waals surface area contributed by atoms with E-state index in [0.717, 1.165) is 41.2 Å². The number of hydrogen-bond donors (Lipinski definition) is 2. The predicted octanol–water partition coefficient (Wildman–Crippen LogP) is 3.45. The molecule has 1 aliphatic rings. The molecule has 1 amide bonds. The van der Waals surface area contributed by atoms with E-state index in [1.807, 2.05) is 30.3 Å². The zero-order chi connectivity index (χ0) is 20.7. The van der Waals surface area contributed by atoms with Gasteiger partial charge in [0.05, 0.1) is 16.6 Å². The number of hydrogen-bond acceptors (Lipinski definition) is 6. The smallest absolute Gasteiger partial charge is 0.224 e. The number of carbonyl (C=O) groups is 1. The fourth-order valence-corrected chi connectivity index (χ4v) is 4.49. The molecule has 4 aromatic rings. The highest BCUT2D eigenvalue weighted by Gasteiger charge is 2.29. The third kappa shape index (κ3) is 3.39. The standard InChI is InChI=1S/C21H20BrN7O/c1-23-20(30)13-4-5-14(9-13)26-21-25-11-16-18(22)28-29(19(16)27-21)15-6-7-17-12(10-15)3-2-8-24-17/h2-3,6-8,10-11,13-14H,4-5,9H2,1H3,(H,23,30)(H,25,26,27)/t13-,14-/m1/s1. The van der Waals surface area contributed by atoms with E-state index < -0.39 is 0 Å². The second-order valence-electron chi connectivity index (χ2n) is 7.48. The Morgan fingerprint density at radius 3 is 3.00 bits per heavy atom. The van der Waals surface area contributed by atoms with Gasteiger partial charge in [0.2, 0.25) is 11.9 Å². The monoisotopic (exact) mass is 465 g/mol. The van der Waals surface area contributed by atoms with Crippen molar-refractivity contribution in [2.75, 3.05) is 12.4 Å². The Bertz CT molecular complexity index is 1250. The molecule has 0 radical (unpaired) electrons. The van der Waals surface area contributed by atoms with Gasteiger partial charge < -0.3 is 10.6 Å². The molecule has 30 heavy (non-hydrogen) atoms. The molecular formula is C21H20BrN7O. The number of amides is 1. The number of pyridine rings is 1. The van der Waals surface area contributed by atoms with Crippen molar-refractivity contribution in [3.63, 3.8) is 0 Å². The Balaban J connectivity index is 1.47. The van der Waals surface area contributed by atoms with E-state index >= 15 is 0 Å². The Morgan fingerprint density at radius 2 is 2.13 bits per heavy atom. The molecule has 1 aromatic carbocycles. The first-order valence-corrected chi connectivity index (χ1v) is 10.7. The molecule has 0 saturated heterocycles. The lowest BCUT2D eigenvalue weighted by Crippen LogP contribution is -2.27. The van der Waals surface area contributed by atoms with E-state index in [1.54, 1.807) is 24.1 Å². The zero-order valence-electron chi connectivity index (χ0n) is 16.3. The summed E-state index contributed by atoms with van der Waals surface area (Å²) in [7, 11) is 1.68. The van der Waals surface area contributed by atoms with Crippen LogP contribution in [-0.4, -0.2) is 43.7 Å². The first-order valence-electron chi connectivity index (χ1n) is 9.87. The first kappa shape index (κ1) is 18.9. The predicted molar refractivity (Wildman–Crippen MR) is 118 cm³/mol. The molecule has 0 bridgehead atoms. The number of carbonyl (C=O) groups excluding carboxylic acids is 1. The number of nitrogens with one attached hydrogen (secondary N) is 2. The van der Waals surface area contributed by atoms with Gasteiger partial charge in [-0.15, -0.1) is 0 Å². The van der Waals surface area contributed by atoms with Crippen molar-refractivity contribution in [1.29, 1.82) is 0 Å². The van der Waals surface area contributed by atoms with Crippen molar-refractivity contribution >= 4 is 49.7 Å². The molecule has 1 fully saturated rings. The van der Waals surface area contributed by atoms with E-state index in [4.69, 9.17) is 4.98 Å². The molecule has 1 saturated carbocycles. The van der Waals surface area contributed by atoms with Crippen LogP contribution in [0.15, 0.2) is 47.3 Å². The van der Waals surface area contributed by atoms with E-state index in [2.05, 4.69) is 41.6 Å². The summed E-state index contributed by atoms with van der Waals surface area (Å²) in [6.07, 6.45) is 6.12. The molecule has 9 heteroatoms. The minimum absolute atomic E-state index is 0.0436. The Kier molecular flexibility index (Phi) is 4.82. The second kappa shape index (κ2) is 7.64. The minimum atomic E-state index is 0.0436. The van der Waals surface area contributed by atoms with Gasteiger partial charge in [0.1, 0.15) is 4.60 Å². The SMILES string of the molecule is CNC(=O)[C@@H]1CC[C@@H](Nc2ncc3c(Br)nn(-c4ccc5ncccc5c4)c3n2)C1. The number of aromatic nitrogens is 5. The molecular weight excluding hydrogens is 446 g/mol. The maximum Gasteiger partial charge on any atom is 0.224 e. The first-order chi connectivity index (χ1) is 14.6. The lowest BCUT2D eigenvalue weighted by molar-refractivity contribution is -0.124. The third-order valence-corrected chi connectivity index (χ3v) is 6.18. The summed E-state index contributed by atoms with van der Waals surface area (Å²) >= 11 is 3.52. The summed E-state index contributed by atoms with van der Waals surface area (Å²) in [4.78, 5) is 25.5. The number of anilines is 1. The normalized spacial score (nSPS) is 18.7. The van der Waals surface area contributed by atoms with Crippen molar-refractivity contribution < 1.29 is 4.79 Å². The topological polar surface area (TPSA) is 97.6 Å². The lowest BCUT2D eigenvalue weighted by atomic mass is 10.1. The van der Waals surface area contributed by atoms with Crippen LogP contribution in [0.4, 0.5) is 5.95 Å². The maximum absolute atomic E-state index is 11.9. The number of fused-ring (bicyclic) bond motifs is 2. The van der Waals surface area contributed by atoms with Gasteiger partial charge in [-0.25, -0.2) is 9.67 Å². The average molecular weight is 466 g/mol. The summed E-state index contributed by atoms with van der Waals surface area (Å²) in [6.45, 7) is 0.